The number of aryl methyl sites for hydroxylation is 1. The van der Waals surface area contributed by atoms with Crippen LogP contribution in [0.1, 0.15) is 11.1 Å². The van der Waals surface area contributed by atoms with Gasteiger partial charge in [-0.1, -0.05) is 18.2 Å². The first-order valence-corrected chi connectivity index (χ1v) is 7.28. The minimum atomic E-state index is -4.39. The Hall–Kier alpha value is -2.70. The van der Waals surface area contributed by atoms with Crippen LogP contribution in [0.2, 0.25) is 0 Å². The Labute approximate surface area is 138 Å². The Bertz CT molecular complexity index is 714. The van der Waals surface area contributed by atoms with Crippen LogP contribution in [0.4, 0.5) is 18.9 Å². The van der Waals surface area contributed by atoms with Crippen LogP contribution in [0, 0.1) is 6.92 Å². The number of anilines is 1. The molecule has 128 valence electrons. The number of nitrogens with zero attached hydrogens (tertiary/aromatic N) is 1. The highest BCUT2D eigenvalue weighted by molar-refractivity contribution is 5.92. The van der Waals surface area contributed by atoms with Gasteiger partial charge in [0.25, 0.3) is 0 Å². The highest BCUT2D eigenvalue weighted by Gasteiger charge is 2.30. The van der Waals surface area contributed by atoms with Gasteiger partial charge in [-0.05, 0) is 42.8 Å². The fourth-order valence-electron chi connectivity index (χ4n) is 2.00. The Morgan fingerprint density at radius 2 is 1.92 bits per heavy atom. The lowest BCUT2D eigenvalue weighted by molar-refractivity contribution is -0.137. The predicted molar refractivity (Wildman–Crippen MR) is 88.2 cm³/mol. The van der Waals surface area contributed by atoms with Crippen LogP contribution >= 0.6 is 0 Å². The zero-order valence-corrected chi connectivity index (χ0v) is 13.1. The molecule has 0 amide bonds. The molecule has 0 aliphatic rings. The molecule has 7 heteroatoms. The summed E-state index contributed by atoms with van der Waals surface area (Å²) in [6.07, 6.45) is -4.39. The van der Waals surface area contributed by atoms with Crippen molar-refractivity contribution < 1.29 is 17.9 Å². The van der Waals surface area contributed by atoms with Gasteiger partial charge in [-0.25, -0.2) is 4.99 Å². The van der Waals surface area contributed by atoms with Gasteiger partial charge in [-0.15, -0.1) is 0 Å². The molecule has 24 heavy (non-hydrogen) atoms. The third-order valence-corrected chi connectivity index (χ3v) is 3.09. The standard InChI is InChI=1S/C17H18F3N3O/c1-12-4-2-6-14(10-12)23-16(21)22-8-9-24-15-7-3-5-13(11-15)17(18,19)20/h2-7,10-11H,8-9H2,1H3,(H3,21,22,23). The van der Waals surface area contributed by atoms with Crippen molar-refractivity contribution in [1.29, 1.82) is 0 Å². The summed E-state index contributed by atoms with van der Waals surface area (Å²) in [6, 6.07) is 12.3. The summed E-state index contributed by atoms with van der Waals surface area (Å²) in [4.78, 5) is 4.07. The number of ether oxygens (including phenoxy) is 1. The van der Waals surface area contributed by atoms with Crippen molar-refractivity contribution in [2.75, 3.05) is 18.5 Å². The first kappa shape index (κ1) is 17.7. The van der Waals surface area contributed by atoms with E-state index in [-0.39, 0.29) is 24.9 Å². The van der Waals surface area contributed by atoms with Gasteiger partial charge in [-0.3, -0.25) is 0 Å². The summed E-state index contributed by atoms with van der Waals surface area (Å²) in [5.74, 6) is 0.360. The highest BCUT2D eigenvalue weighted by Crippen LogP contribution is 2.31. The third kappa shape index (κ3) is 5.49. The van der Waals surface area contributed by atoms with E-state index >= 15 is 0 Å². The van der Waals surface area contributed by atoms with E-state index in [2.05, 4.69) is 10.3 Å². The van der Waals surface area contributed by atoms with E-state index in [4.69, 9.17) is 10.5 Å². The van der Waals surface area contributed by atoms with Crippen molar-refractivity contribution in [2.24, 2.45) is 10.7 Å². The van der Waals surface area contributed by atoms with Crippen LogP contribution < -0.4 is 15.8 Å². The topological polar surface area (TPSA) is 59.6 Å². The van der Waals surface area contributed by atoms with Gasteiger partial charge in [0.15, 0.2) is 5.96 Å². The molecular formula is C17H18F3N3O. The summed E-state index contributed by atoms with van der Waals surface area (Å²) < 4.78 is 43.1. The molecule has 4 nitrogen and oxygen atoms in total. The average Bonchev–Trinajstić information content (AvgIpc) is 2.51. The quantitative estimate of drug-likeness (QED) is 0.495. The number of alkyl halides is 3. The summed E-state index contributed by atoms with van der Waals surface area (Å²) in [7, 11) is 0. The number of nitrogens with two attached hydrogens (primary N) is 1. The van der Waals surface area contributed by atoms with Crippen LogP contribution in [0.15, 0.2) is 53.5 Å². The fraction of sp³-hybridized carbons (Fsp3) is 0.235. The second-order valence-electron chi connectivity index (χ2n) is 5.14. The number of halogens is 3. The smallest absolute Gasteiger partial charge is 0.416 e. The first-order valence-electron chi connectivity index (χ1n) is 7.28. The molecule has 0 aliphatic heterocycles. The number of hydrogen-bond donors (Lipinski definition) is 2. The van der Waals surface area contributed by atoms with E-state index in [1.807, 2.05) is 31.2 Å². The molecule has 0 heterocycles. The Balaban J connectivity index is 1.84. The maximum Gasteiger partial charge on any atom is 0.416 e. The van der Waals surface area contributed by atoms with Crippen molar-refractivity contribution in [3.05, 3.63) is 59.7 Å². The second-order valence-corrected chi connectivity index (χ2v) is 5.14. The largest absolute Gasteiger partial charge is 0.492 e. The molecule has 0 bridgehead atoms. The van der Waals surface area contributed by atoms with Crippen molar-refractivity contribution in [2.45, 2.75) is 13.1 Å². The van der Waals surface area contributed by atoms with Crippen molar-refractivity contribution in [3.8, 4) is 5.75 Å². The maximum absolute atomic E-state index is 12.6. The van der Waals surface area contributed by atoms with Crippen LogP contribution in [0.5, 0.6) is 5.75 Å². The number of aliphatic imine (C=N–C) groups is 1. The van der Waals surface area contributed by atoms with Gasteiger partial charge in [0.05, 0.1) is 12.1 Å². The summed E-state index contributed by atoms with van der Waals surface area (Å²) in [6.45, 7) is 2.31. The summed E-state index contributed by atoms with van der Waals surface area (Å²) in [5, 5.41) is 2.93. The van der Waals surface area contributed by atoms with Gasteiger partial charge in [0.2, 0.25) is 0 Å². The number of nitrogens with one attached hydrogen (secondary N) is 1. The molecule has 2 aromatic rings. The predicted octanol–water partition coefficient (Wildman–Crippen LogP) is 3.82. The molecule has 0 fully saturated rings. The minimum Gasteiger partial charge on any atom is -0.492 e. The lowest BCUT2D eigenvalue weighted by atomic mass is 10.2. The fourth-order valence-corrected chi connectivity index (χ4v) is 2.00. The van der Waals surface area contributed by atoms with Gasteiger partial charge in [-0.2, -0.15) is 13.2 Å². The molecule has 2 aromatic carbocycles. The monoisotopic (exact) mass is 337 g/mol. The molecule has 0 aliphatic carbocycles. The maximum atomic E-state index is 12.6. The van der Waals surface area contributed by atoms with Crippen molar-refractivity contribution in [3.63, 3.8) is 0 Å². The summed E-state index contributed by atoms with van der Waals surface area (Å²) >= 11 is 0. The minimum absolute atomic E-state index is 0.123. The van der Waals surface area contributed by atoms with E-state index in [9.17, 15) is 13.2 Å². The first-order chi connectivity index (χ1) is 11.3. The number of hydrogen-bond acceptors (Lipinski definition) is 2. The lowest BCUT2D eigenvalue weighted by Gasteiger charge is -2.10. The Morgan fingerprint density at radius 3 is 2.62 bits per heavy atom. The summed E-state index contributed by atoms with van der Waals surface area (Å²) in [5.41, 5.74) is 6.90. The van der Waals surface area contributed by atoms with E-state index in [0.717, 1.165) is 23.4 Å². The number of rotatable bonds is 5. The van der Waals surface area contributed by atoms with Gasteiger partial charge >= 0.3 is 6.18 Å². The van der Waals surface area contributed by atoms with E-state index < -0.39 is 11.7 Å². The van der Waals surface area contributed by atoms with Crippen LogP contribution in [-0.4, -0.2) is 19.1 Å². The molecule has 0 saturated carbocycles. The molecule has 0 unspecified atom stereocenters. The Morgan fingerprint density at radius 1 is 1.17 bits per heavy atom. The zero-order chi connectivity index (χ0) is 17.6. The second kappa shape index (κ2) is 7.72. The van der Waals surface area contributed by atoms with Crippen LogP contribution in [0.25, 0.3) is 0 Å². The van der Waals surface area contributed by atoms with Gasteiger partial charge < -0.3 is 15.8 Å². The highest BCUT2D eigenvalue weighted by atomic mass is 19.4. The SMILES string of the molecule is Cc1cccc(NC(N)=NCCOc2cccc(C(F)(F)F)c2)c1. The normalized spacial score (nSPS) is 12.1. The van der Waals surface area contributed by atoms with Gasteiger partial charge in [0, 0.05) is 5.69 Å². The van der Waals surface area contributed by atoms with Crippen molar-refractivity contribution >= 4 is 11.6 Å². The molecule has 0 saturated heterocycles. The van der Waals surface area contributed by atoms with E-state index in [0.29, 0.717) is 0 Å². The van der Waals surface area contributed by atoms with Gasteiger partial charge in [0.1, 0.15) is 12.4 Å². The zero-order valence-electron chi connectivity index (χ0n) is 13.1. The molecule has 3 N–H and O–H groups in total. The third-order valence-electron chi connectivity index (χ3n) is 3.09. The molecule has 0 radical (unpaired) electrons. The average molecular weight is 337 g/mol. The number of benzene rings is 2. The lowest BCUT2D eigenvalue weighted by Crippen LogP contribution is -2.23. The molecule has 2 rings (SSSR count). The molecule has 0 aromatic heterocycles. The van der Waals surface area contributed by atoms with Crippen LogP contribution in [-0.2, 0) is 6.18 Å². The van der Waals surface area contributed by atoms with Crippen molar-refractivity contribution in [1.82, 2.24) is 0 Å². The molecule has 0 spiro atoms. The molecular weight excluding hydrogens is 319 g/mol. The van der Waals surface area contributed by atoms with E-state index in [1.54, 1.807) is 0 Å². The van der Waals surface area contributed by atoms with E-state index in [1.165, 1.54) is 12.1 Å². The number of guanidine groups is 1. The Kier molecular flexibility index (Phi) is 5.68. The van der Waals surface area contributed by atoms with Crippen LogP contribution in [0.3, 0.4) is 0 Å². The molecule has 0 atom stereocenters.